The van der Waals surface area contributed by atoms with E-state index in [2.05, 4.69) is 15.6 Å². The summed E-state index contributed by atoms with van der Waals surface area (Å²) in [4.78, 5) is 30.5. The molecule has 2 amide bonds. The Morgan fingerprint density at radius 1 is 1.00 bits per heavy atom. The lowest BCUT2D eigenvalue weighted by Crippen LogP contribution is -2.36. The van der Waals surface area contributed by atoms with Crippen LogP contribution in [-0.2, 0) is 22.4 Å². The monoisotopic (exact) mass is 462 g/mol. The molecule has 2 N–H and O–H groups in total. The zero-order chi connectivity index (χ0) is 23.5. The zero-order valence-electron chi connectivity index (χ0n) is 18.3. The summed E-state index contributed by atoms with van der Waals surface area (Å²) in [7, 11) is 0. The molecule has 1 fully saturated rings. The first-order chi connectivity index (χ1) is 16.5. The maximum absolute atomic E-state index is 14.1. The van der Waals surface area contributed by atoms with Crippen molar-refractivity contribution in [2.45, 2.75) is 12.8 Å². The number of urea groups is 1. The van der Waals surface area contributed by atoms with Gasteiger partial charge in [0.25, 0.3) is 0 Å². The number of hydrogen-bond donors (Lipinski definition) is 2. The highest BCUT2D eigenvalue weighted by Gasteiger charge is 2.23. The Hall–Kier alpha value is -3.98. The molecule has 8 nitrogen and oxygen atoms in total. The van der Waals surface area contributed by atoms with E-state index in [4.69, 9.17) is 9.47 Å². The summed E-state index contributed by atoms with van der Waals surface area (Å²) < 4.78 is 25.4. The second kappa shape index (κ2) is 9.48. The zero-order valence-corrected chi connectivity index (χ0v) is 18.3. The van der Waals surface area contributed by atoms with Gasteiger partial charge in [0, 0.05) is 54.8 Å². The molecular formula is C25H23FN4O4. The number of fused-ring (bicyclic) bond motifs is 1. The van der Waals surface area contributed by atoms with Crippen LogP contribution >= 0.6 is 0 Å². The molecule has 1 aliphatic carbocycles. The average molecular weight is 462 g/mol. The third-order valence-electron chi connectivity index (χ3n) is 5.70. The first-order valence-corrected chi connectivity index (χ1v) is 11.0. The van der Waals surface area contributed by atoms with Crippen molar-refractivity contribution in [3.8, 4) is 11.5 Å². The van der Waals surface area contributed by atoms with Crippen LogP contribution in [0.3, 0.4) is 0 Å². The van der Waals surface area contributed by atoms with Gasteiger partial charge in [0.05, 0.1) is 18.9 Å². The summed E-state index contributed by atoms with van der Waals surface area (Å²) >= 11 is 0. The molecule has 0 bridgehead atoms. The van der Waals surface area contributed by atoms with Crippen LogP contribution in [0.4, 0.5) is 26.2 Å². The molecule has 1 aliphatic heterocycles. The lowest BCUT2D eigenvalue weighted by Gasteiger charge is -2.29. The van der Waals surface area contributed by atoms with Crippen molar-refractivity contribution in [1.82, 2.24) is 4.98 Å². The lowest BCUT2D eigenvalue weighted by atomic mass is 10.2. The summed E-state index contributed by atoms with van der Waals surface area (Å²) in [5, 5.41) is 5.41. The number of Topliss-reactive ketones (excluding diaryl/α,β-unsaturated/α-hetero) is 1. The highest BCUT2D eigenvalue weighted by Crippen LogP contribution is 2.31. The number of anilines is 3. The van der Waals surface area contributed by atoms with Gasteiger partial charge < -0.3 is 25.0 Å². The van der Waals surface area contributed by atoms with Gasteiger partial charge >= 0.3 is 6.03 Å². The molecular weight excluding hydrogens is 439 g/mol. The number of nitrogens with one attached hydrogen (secondary N) is 2. The van der Waals surface area contributed by atoms with Crippen molar-refractivity contribution < 1.29 is 23.5 Å². The maximum atomic E-state index is 14.1. The number of hydrogen-bond acceptors (Lipinski definition) is 6. The number of amides is 2. The molecule has 0 saturated carbocycles. The van der Waals surface area contributed by atoms with Crippen LogP contribution in [0.5, 0.6) is 11.5 Å². The minimum Gasteiger partial charge on any atom is -0.457 e. The molecule has 0 radical (unpaired) electrons. The summed E-state index contributed by atoms with van der Waals surface area (Å²) in [5.41, 5.74) is 3.18. The quantitative estimate of drug-likeness (QED) is 0.592. The van der Waals surface area contributed by atoms with E-state index in [1.165, 1.54) is 12.1 Å². The minimum absolute atomic E-state index is 0.125. The van der Waals surface area contributed by atoms with Crippen LogP contribution in [0.15, 0.2) is 54.7 Å². The predicted molar refractivity (Wildman–Crippen MR) is 125 cm³/mol. The summed E-state index contributed by atoms with van der Waals surface area (Å²) in [6.07, 6.45) is 2.29. The van der Waals surface area contributed by atoms with Gasteiger partial charge in [-0.15, -0.1) is 0 Å². The highest BCUT2D eigenvalue weighted by molar-refractivity contribution is 6.00. The van der Waals surface area contributed by atoms with E-state index in [-0.39, 0.29) is 5.78 Å². The molecule has 0 atom stereocenters. The van der Waals surface area contributed by atoms with Crippen LogP contribution in [0.25, 0.3) is 0 Å². The highest BCUT2D eigenvalue weighted by atomic mass is 19.1. The van der Waals surface area contributed by atoms with Crippen LogP contribution < -0.4 is 20.3 Å². The van der Waals surface area contributed by atoms with Gasteiger partial charge in [0.2, 0.25) is 0 Å². The molecule has 9 heteroatoms. The smallest absolute Gasteiger partial charge is 0.323 e. The largest absolute Gasteiger partial charge is 0.457 e. The summed E-state index contributed by atoms with van der Waals surface area (Å²) in [6.45, 7) is 2.51. The van der Waals surface area contributed by atoms with Gasteiger partial charge in [-0.25, -0.2) is 9.18 Å². The van der Waals surface area contributed by atoms with Crippen molar-refractivity contribution >= 4 is 28.9 Å². The average Bonchev–Trinajstić information content (AvgIpc) is 3.22. The number of morpholine rings is 1. The first kappa shape index (κ1) is 21.8. The fourth-order valence-corrected chi connectivity index (χ4v) is 4.08. The number of halogens is 1. The Bertz CT molecular complexity index is 1230. The Balaban J connectivity index is 1.21. The number of benzene rings is 2. The normalized spacial score (nSPS) is 15.1. The SMILES string of the molecule is O=C1Cc2nccc(Oc3ccc(NC(=O)Nc4cc(F)cc(N5CCOCC5)c4)cc3)c2C1. The Kier molecular flexibility index (Phi) is 6.09. The fourth-order valence-electron chi connectivity index (χ4n) is 4.08. The number of carbonyl (C=O) groups excluding carboxylic acids is 2. The van der Waals surface area contributed by atoms with Crippen LogP contribution in [0.1, 0.15) is 11.3 Å². The fraction of sp³-hybridized carbons (Fsp3) is 0.240. The van der Waals surface area contributed by atoms with Crippen LogP contribution in [-0.4, -0.2) is 43.1 Å². The molecule has 2 aromatic carbocycles. The maximum Gasteiger partial charge on any atom is 0.323 e. The van der Waals surface area contributed by atoms with E-state index >= 15 is 0 Å². The molecule has 0 unspecified atom stereocenters. The topological polar surface area (TPSA) is 92.8 Å². The van der Waals surface area contributed by atoms with Gasteiger partial charge in [0.15, 0.2) is 0 Å². The predicted octanol–water partition coefficient (Wildman–Crippen LogP) is 4.16. The minimum atomic E-state index is -0.488. The number of carbonyl (C=O) groups is 2. The molecule has 174 valence electrons. The number of nitrogens with zero attached hydrogens (tertiary/aromatic N) is 2. The Morgan fingerprint density at radius 3 is 2.56 bits per heavy atom. The Morgan fingerprint density at radius 2 is 1.76 bits per heavy atom. The van der Waals surface area contributed by atoms with Gasteiger partial charge in [-0.05, 0) is 48.5 Å². The number of rotatable bonds is 5. The van der Waals surface area contributed by atoms with Crippen LogP contribution in [0.2, 0.25) is 0 Å². The van der Waals surface area contributed by atoms with Crippen molar-refractivity contribution in [2.24, 2.45) is 0 Å². The number of ether oxygens (including phenoxy) is 2. The van der Waals surface area contributed by atoms with Gasteiger partial charge in [0.1, 0.15) is 23.1 Å². The van der Waals surface area contributed by atoms with E-state index in [9.17, 15) is 14.0 Å². The third kappa shape index (κ3) is 4.99. The second-order valence-electron chi connectivity index (χ2n) is 8.13. The summed E-state index contributed by atoms with van der Waals surface area (Å²) in [6, 6.07) is 12.6. The standard InChI is InChI=1S/C25H23FN4O4/c26-16-11-18(13-19(12-16)30-7-9-33-10-8-30)29-25(32)28-17-1-3-21(4-2-17)34-24-5-6-27-23-15-20(31)14-22(23)24/h1-6,11-13H,7-10,14-15H2,(H2,28,29,32). The van der Waals surface area contributed by atoms with E-state index in [1.807, 2.05) is 4.90 Å². The Labute approximate surface area is 195 Å². The number of pyridine rings is 1. The van der Waals surface area contributed by atoms with Crippen molar-refractivity contribution in [3.05, 3.63) is 71.8 Å². The first-order valence-electron chi connectivity index (χ1n) is 11.0. The number of ketones is 1. The molecule has 2 aliphatic rings. The van der Waals surface area contributed by atoms with E-state index in [1.54, 1.807) is 42.6 Å². The van der Waals surface area contributed by atoms with E-state index in [0.29, 0.717) is 67.7 Å². The molecule has 5 rings (SSSR count). The second-order valence-corrected chi connectivity index (χ2v) is 8.13. The van der Waals surface area contributed by atoms with E-state index < -0.39 is 11.8 Å². The molecule has 2 heterocycles. The van der Waals surface area contributed by atoms with Gasteiger partial charge in [-0.2, -0.15) is 0 Å². The van der Waals surface area contributed by atoms with Crippen LogP contribution in [0, 0.1) is 5.82 Å². The molecule has 1 saturated heterocycles. The lowest BCUT2D eigenvalue weighted by molar-refractivity contribution is -0.117. The van der Waals surface area contributed by atoms with Gasteiger partial charge in [-0.1, -0.05) is 0 Å². The molecule has 3 aromatic rings. The van der Waals surface area contributed by atoms with Crippen molar-refractivity contribution in [3.63, 3.8) is 0 Å². The molecule has 34 heavy (non-hydrogen) atoms. The van der Waals surface area contributed by atoms with Gasteiger partial charge in [-0.3, -0.25) is 9.78 Å². The molecule has 1 aromatic heterocycles. The third-order valence-corrected chi connectivity index (χ3v) is 5.70. The van der Waals surface area contributed by atoms with Crippen molar-refractivity contribution in [2.75, 3.05) is 41.8 Å². The number of aromatic nitrogens is 1. The van der Waals surface area contributed by atoms with E-state index in [0.717, 1.165) is 11.3 Å². The molecule has 0 spiro atoms. The summed E-state index contributed by atoms with van der Waals surface area (Å²) in [5.74, 6) is 0.875. The van der Waals surface area contributed by atoms with Crippen molar-refractivity contribution in [1.29, 1.82) is 0 Å².